The zero-order chi connectivity index (χ0) is 16.9. The smallest absolute Gasteiger partial charge is 0.165 e. The molecule has 0 atom stereocenters. The van der Waals surface area contributed by atoms with Crippen LogP contribution in [0.1, 0.15) is 17.5 Å². The Kier molecular flexibility index (Phi) is 4.61. The summed E-state index contributed by atoms with van der Waals surface area (Å²) in [4.78, 5) is 4.35. The molecular weight excluding hydrogens is 316 g/mol. The van der Waals surface area contributed by atoms with E-state index in [1.54, 1.807) is 17.1 Å². The monoisotopic (exact) mass is 336 g/mol. The standard InChI is InChI=1S/C19H20N4O2/c1-4-16(19-17(5-1)24-10-3-11-25-19)14-20-13-15-6-8-21-18(12-15)23-9-2-7-22-23/h1-2,4-9,12,20H,3,10-11,13-14H2. The number of hydrogen-bond donors (Lipinski definition) is 1. The van der Waals surface area contributed by atoms with Gasteiger partial charge in [-0.15, -0.1) is 0 Å². The van der Waals surface area contributed by atoms with Crippen molar-refractivity contribution in [1.29, 1.82) is 0 Å². The fourth-order valence-corrected chi connectivity index (χ4v) is 2.83. The average Bonchev–Trinajstić information content (AvgIpc) is 3.07. The first-order valence-electron chi connectivity index (χ1n) is 8.43. The van der Waals surface area contributed by atoms with Crippen molar-refractivity contribution in [3.05, 3.63) is 66.1 Å². The van der Waals surface area contributed by atoms with E-state index < -0.39 is 0 Å². The van der Waals surface area contributed by atoms with Crippen LogP contribution in [-0.4, -0.2) is 28.0 Å². The second kappa shape index (κ2) is 7.36. The molecule has 1 N–H and O–H groups in total. The van der Waals surface area contributed by atoms with E-state index in [0.717, 1.165) is 41.4 Å². The van der Waals surface area contributed by atoms with Gasteiger partial charge in [-0.2, -0.15) is 5.10 Å². The maximum absolute atomic E-state index is 5.86. The third-order valence-electron chi connectivity index (χ3n) is 4.05. The molecule has 4 rings (SSSR count). The molecule has 3 heterocycles. The van der Waals surface area contributed by atoms with Gasteiger partial charge in [-0.1, -0.05) is 12.1 Å². The summed E-state index contributed by atoms with van der Waals surface area (Å²) in [6.45, 7) is 2.85. The van der Waals surface area contributed by atoms with Crippen LogP contribution < -0.4 is 14.8 Å². The third-order valence-corrected chi connectivity index (χ3v) is 4.05. The molecule has 0 amide bonds. The molecule has 1 aliphatic heterocycles. The van der Waals surface area contributed by atoms with Gasteiger partial charge in [-0.3, -0.25) is 0 Å². The van der Waals surface area contributed by atoms with Gasteiger partial charge in [0.05, 0.1) is 13.2 Å². The molecule has 2 aromatic heterocycles. The molecule has 25 heavy (non-hydrogen) atoms. The van der Waals surface area contributed by atoms with E-state index in [9.17, 15) is 0 Å². The molecule has 0 saturated carbocycles. The maximum atomic E-state index is 5.86. The highest BCUT2D eigenvalue weighted by Crippen LogP contribution is 2.33. The van der Waals surface area contributed by atoms with Crippen LogP contribution in [0.3, 0.4) is 0 Å². The van der Waals surface area contributed by atoms with Crippen molar-refractivity contribution in [3.63, 3.8) is 0 Å². The molecule has 0 spiro atoms. The van der Waals surface area contributed by atoms with Gasteiger partial charge in [-0.25, -0.2) is 9.67 Å². The molecule has 0 radical (unpaired) electrons. The number of nitrogens with one attached hydrogen (secondary N) is 1. The molecule has 0 saturated heterocycles. The SMILES string of the molecule is c1cc(CNCc2ccnc(-n3cccn3)c2)c2c(c1)OCCCO2. The van der Waals surface area contributed by atoms with E-state index in [-0.39, 0.29) is 0 Å². The molecule has 6 heteroatoms. The van der Waals surface area contributed by atoms with Gasteiger partial charge in [0.1, 0.15) is 0 Å². The van der Waals surface area contributed by atoms with Crippen LogP contribution in [0.15, 0.2) is 55.0 Å². The molecule has 1 aliphatic rings. The fourth-order valence-electron chi connectivity index (χ4n) is 2.83. The zero-order valence-electron chi connectivity index (χ0n) is 13.9. The number of fused-ring (bicyclic) bond motifs is 1. The highest BCUT2D eigenvalue weighted by atomic mass is 16.5. The molecule has 6 nitrogen and oxygen atoms in total. The predicted octanol–water partition coefficient (Wildman–Crippen LogP) is 2.72. The lowest BCUT2D eigenvalue weighted by Crippen LogP contribution is -2.14. The van der Waals surface area contributed by atoms with E-state index in [2.05, 4.69) is 21.5 Å². The number of hydrogen-bond acceptors (Lipinski definition) is 5. The first-order valence-corrected chi connectivity index (χ1v) is 8.43. The maximum Gasteiger partial charge on any atom is 0.165 e. The van der Waals surface area contributed by atoms with Gasteiger partial charge in [0, 0.05) is 43.7 Å². The molecule has 0 fully saturated rings. The van der Waals surface area contributed by atoms with Crippen LogP contribution in [0.2, 0.25) is 0 Å². The predicted molar refractivity (Wildman–Crippen MR) is 94.0 cm³/mol. The first kappa shape index (κ1) is 15.7. The summed E-state index contributed by atoms with van der Waals surface area (Å²) >= 11 is 0. The Morgan fingerprint density at radius 1 is 1.04 bits per heavy atom. The van der Waals surface area contributed by atoms with E-state index >= 15 is 0 Å². The summed E-state index contributed by atoms with van der Waals surface area (Å²) in [5.74, 6) is 2.51. The van der Waals surface area contributed by atoms with Crippen LogP contribution in [0.4, 0.5) is 0 Å². The second-order valence-corrected chi connectivity index (χ2v) is 5.87. The highest BCUT2D eigenvalue weighted by molar-refractivity contribution is 5.47. The summed E-state index contributed by atoms with van der Waals surface area (Å²) in [6, 6.07) is 12.0. The largest absolute Gasteiger partial charge is 0.490 e. The quantitative estimate of drug-likeness (QED) is 0.776. The Morgan fingerprint density at radius 3 is 2.92 bits per heavy atom. The Balaban J connectivity index is 1.42. The molecule has 3 aromatic rings. The molecule has 128 valence electrons. The van der Waals surface area contributed by atoms with Crippen molar-refractivity contribution in [2.45, 2.75) is 19.5 Å². The second-order valence-electron chi connectivity index (χ2n) is 5.87. The number of nitrogens with zero attached hydrogens (tertiary/aromatic N) is 3. The lowest BCUT2D eigenvalue weighted by atomic mass is 10.1. The minimum atomic E-state index is 0.696. The van der Waals surface area contributed by atoms with Crippen LogP contribution in [0, 0.1) is 0 Å². The summed E-state index contributed by atoms with van der Waals surface area (Å²) < 4.78 is 13.4. The van der Waals surface area contributed by atoms with Crippen molar-refractivity contribution in [1.82, 2.24) is 20.1 Å². The Labute approximate surface area is 146 Å². The van der Waals surface area contributed by atoms with E-state index in [1.807, 2.05) is 36.5 Å². The van der Waals surface area contributed by atoms with Gasteiger partial charge < -0.3 is 14.8 Å². The average molecular weight is 336 g/mol. The molecule has 0 unspecified atom stereocenters. The lowest BCUT2D eigenvalue weighted by Gasteiger charge is -2.13. The van der Waals surface area contributed by atoms with Gasteiger partial charge in [0.25, 0.3) is 0 Å². The van der Waals surface area contributed by atoms with Crippen molar-refractivity contribution >= 4 is 0 Å². The van der Waals surface area contributed by atoms with Crippen LogP contribution in [-0.2, 0) is 13.1 Å². The molecule has 1 aromatic carbocycles. The van der Waals surface area contributed by atoms with Crippen LogP contribution in [0.25, 0.3) is 5.82 Å². The van der Waals surface area contributed by atoms with Crippen molar-refractivity contribution < 1.29 is 9.47 Å². The molecular formula is C19H20N4O2. The van der Waals surface area contributed by atoms with E-state index in [4.69, 9.17) is 9.47 Å². The van der Waals surface area contributed by atoms with Gasteiger partial charge >= 0.3 is 0 Å². The Hall–Kier alpha value is -2.86. The Morgan fingerprint density at radius 2 is 2.00 bits per heavy atom. The number of ether oxygens (including phenoxy) is 2. The van der Waals surface area contributed by atoms with Gasteiger partial charge in [-0.05, 0) is 29.8 Å². The van der Waals surface area contributed by atoms with Crippen LogP contribution in [0.5, 0.6) is 11.5 Å². The van der Waals surface area contributed by atoms with Gasteiger partial charge in [0.15, 0.2) is 17.3 Å². The number of para-hydroxylation sites is 1. The summed E-state index contributed by atoms with van der Waals surface area (Å²) in [7, 11) is 0. The minimum Gasteiger partial charge on any atom is -0.490 e. The molecule has 0 bridgehead atoms. The van der Waals surface area contributed by atoms with E-state index in [0.29, 0.717) is 19.8 Å². The number of aromatic nitrogens is 3. The summed E-state index contributed by atoms with van der Waals surface area (Å²) in [5.41, 5.74) is 2.26. The lowest BCUT2D eigenvalue weighted by molar-refractivity contribution is 0.296. The number of rotatable bonds is 5. The topological polar surface area (TPSA) is 61.2 Å². The van der Waals surface area contributed by atoms with Crippen LogP contribution >= 0.6 is 0 Å². The van der Waals surface area contributed by atoms with E-state index in [1.165, 1.54) is 0 Å². The zero-order valence-corrected chi connectivity index (χ0v) is 13.9. The van der Waals surface area contributed by atoms with Crippen molar-refractivity contribution in [2.24, 2.45) is 0 Å². The number of benzene rings is 1. The fraction of sp³-hybridized carbons (Fsp3) is 0.263. The molecule has 0 aliphatic carbocycles. The normalized spacial score (nSPS) is 13.4. The third kappa shape index (κ3) is 3.64. The summed E-state index contributed by atoms with van der Waals surface area (Å²) in [6.07, 6.45) is 6.35. The van der Waals surface area contributed by atoms with Crippen molar-refractivity contribution in [3.8, 4) is 17.3 Å². The first-order chi connectivity index (χ1) is 12.4. The summed E-state index contributed by atoms with van der Waals surface area (Å²) in [5, 5.41) is 7.68. The Bertz CT molecular complexity index is 833. The highest BCUT2D eigenvalue weighted by Gasteiger charge is 2.14. The minimum absolute atomic E-state index is 0.696. The van der Waals surface area contributed by atoms with Crippen molar-refractivity contribution in [2.75, 3.05) is 13.2 Å². The van der Waals surface area contributed by atoms with Gasteiger partial charge in [0.2, 0.25) is 0 Å². The number of pyridine rings is 1.